The Morgan fingerprint density at radius 3 is 2.72 bits per heavy atom. The van der Waals surface area contributed by atoms with Crippen LogP contribution >= 0.6 is 0 Å². The lowest BCUT2D eigenvalue weighted by Crippen LogP contribution is -2.84. The van der Waals surface area contributed by atoms with Crippen molar-refractivity contribution in [2.75, 3.05) is 13.6 Å². The lowest BCUT2D eigenvalue weighted by atomic mass is 9.94. The number of likely N-dealkylation sites (N-methyl/N-ethyl adjacent to an activating group) is 1. The number of carboxylic acid groups (broad SMARTS) is 2. The second-order valence-corrected chi connectivity index (χ2v) is 4.38. The van der Waals surface area contributed by atoms with Crippen LogP contribution in [0.15, 0.2) is 12.2 Å². The summed E-state index contributed by atoms with van der Waals surface area (Å²) in [5.41, 5.74) is -0.170. The van der Waals surface area contributed by atoms with Crippen LogP contribution in [-0.4, -0.2) is 53.6 Å². The number of hydrogen-bond acceptors (Lipinski definition) is 5. The molecule has 2 aliphatic rings. The molecule has 7 heteroatoms. The van der Waals surface area contributed by atoms with E-state index in [4.69, 9.17) is 24.5 Å². The molecule has 102 valence electrons. The third-order valence-corrected chi connectivity index (χ3v) is 2.81. The number of quaternary nitrogens is 1. The van der Waals surface area contributed by atoms with Crippen molar-refractivity contribution in [3.05, 3.63) is 12.2 Å². The van der Waals surface area contributed by atoms with Gasteiger partial charge in [0.05, 0.1) is 19.3 Å². The Hall–Kier alpha value is -1.44. The van der Waals surface area contributed by atoms with Crippen molar-refractivity contribution >= 4 is 11.9 Å². The Labute approximate surface area is 104 Å². The van der Waals surface area contributed by atoms with Crippen molar-refractivity contribution in [1.29, 1.82) is 0 Å². The predicted molar refractivity (Wildman–Crippen MR) is 57.3 cm³/mol. The molecule has 0 saturated carbocycles. The number of fused-ring (bicyclic) bond motifs is 2. The number of aliphatic hydroxyl groups is 1. The van der Waals surface area contributed by atoms with Gasteiger partial charge in [-0.25, -0.2) is 4.79 Å². The van der Waals surface area contributed by atoms with Crippen molar-refractivity contribution in [3.63, 3.8) is 0 Å². The van der Waals surface area contributed by atoms with E-state index in [1.54, 1.807) is 0 Å². The smallest absolute Gasteiger partial charge is 0.351 e. The SMILES string of the molecule is C[NH2+]CC12C=CC(C[C@H](O)C1)O2.O=C([O-])C(=O)O. The average molecular weight is 259 g/mol. The third-order valence-electron chi connectivity index (χ3n) is 2.81. The molecule has 3 atom stereocenters. The van der Waals surface area contributed by atoms with E-state index < -0.39 is 11.9 Å². The van der Waals surface area contributed by atoms with E-state index in [-0.39, 0.29) is 17.8 Å². The predicted octanol–water partition coefficient (Wildman–Crippen LogP) is -3.15. The molecule has 4 N–H and O–H groups in total. The second kappa shape index (κ2) is 5.94. The molecule has 18 heavy (non-hydrogen) atoms. The van der Waals surface area contributed by atoms with Crippen LogP contribution in [0.3, 0.4) is 0 Å². The van der Waals surface area contributed by atoms with Crippen LogP contribution in [0.4, 0.5) is 0 Å². The summed E-state index contributed by atoms with van der Waals surface area (Å²) in [6.45, 7) is 0.914. The molecule has 0 radical (unpaired) electrons. The van der Waals surface area contributed by atoms with Gasteiger partial charge < -0.3 is 30.2 Å². The fraction of sp³-hybridized carbons (Fsp3) is 0.636. The fourth-order valence-corrected chi connectivity index (χ4v) is 2.20. The number of carbonyl (C=O) groups is 2. The number of carbonyl (C=O) groups excluding carboxylic acids is 1. The maximum atomic E-state index is 9.55. The Balaban J connectivity index is 0.000000232. The van der Waals surface area contributed by atoms with Crippen LogP contribution in [-0.2, 0) is 14.3 Å². The van der Waals surface area contributed by atoms with E-state index in [9.17, 15) is 5.11 Å². The van der Waals surface area contributed by atoms with E-state index in [1.807, 2.05) is 7.05 Å². The molecule has 1 fully saturated rings. The Morgan fingerprint density at radius 2 is 2.22 bits per heavy atom. The molecule has 0 aromatic carbocycles. The zero-order chi connectivity index (χ0) is 13.8. The molecule has 2 heterocycles. The number of hydrogen-bond donors (Lipinski definition) is 3. The second-order valence-electron chi connectivity index (χ2n) is 4.38. The van der Waals surface area contributed by atoms with Crippen molar-refractivity contribution < 1.29 is 35.0 Å². The minimum atomic E-state index is -2.07. The molecule has 0 aliphatic carbocycles. The van der Waals surface area contributed by atoms with Gasteiger partial charge in [-0.15, -0.1) is 0 Å². The van der Waals surface area contributed by atoms with Gasteiger partial charge in [0.1, 0.15) is 12.1 Å². The van der Waals surface area contributed by atoms with Gasteiger partial charge in [-0.05, 0) is 6.08 Å². The van der Waals surface area contributed by atoms with Gasteiger partial charge in [0.2, 0.25) is 0 Å². The van der Waals surface area contributed by atoms with Crippen LogP contribution in [0.1, 0.15) is 12.8 Å². The normalized spacial score (nSPS) is 32.6. The zero-order valence-corrected chi connectivity index (χ0v) is 10.0. The molecule has 2 rings (SSSR count). The number of carboxylic acids is 2. The summed E-state index contributed by atoms with van der Waals surface area (Å²) in [6, 6.07) is 0. The molecule has 7 nitrogen and oxygen atoms in total. The maximum absolute atomic E-state index is 9.55. The van der Waals surface area contributed by atoms with Crippen LogP contribution in [0.25, 0.3) is 0 Å². The summed E-state index contributed by atoms with van der Waals surface area (Å²) in [5, 5.41) is 28.0. The number of aliphatic hydroxyl groups excluding tert-OH is 1. The van der Waals surface area contributed by atoms with Gasteiger partial charge >= 0.3 is 5.97 Å². The van der Waals surface area contributed by atoms with Crippen molar-refractivity contribution in [1.82, 2.24) is 0 Å². The van der Waals surface area contributed by atoms with Gasteiger partial charge in [0, 0.05) is 12.8 Å². The Morgan fingerprint density at radius 1 is 1.61 bits per heavy atom. The highest BCUT2D eigenvalue weighted by Gasteiger charge is 2.43. The maximum Gasteiger partial charge on any atom is 0.351 e. The minimum absolute atomic E-state index is 0.161. The van der Waals surface area contributed by atoms with Gasteiger partial charge in [-0.3, -0.25) is 0 Å². The first kappa shape index (κ1) is 14.6. The molecule has 2 unspecified atom stereocenters. The minimum Gasteiger partial charge on any atom is -0.539 e. The highest BCUT2D eigenvalue weighted by Crippen LogP contribution is 2.35. The molecule has 2 aliphatic heterocycles. The van der Waals surface area contributed by atoms with Crippen LogP contribution in [0.5, 0.6) is 0 Å². The van der Waals surface area contributed by atoms with Crippen LogP contribution in [0, 0.1) is 0 Å². The quantitative estimate of drug-likeness (QED) is 0.355. The largest absolute Gasteiger partial charge is 0.539 e. The van der Waals surface area contributed by atoms with E-state index >= 15 is 0 Å². The molecule has 1 saturated heterocycles. The van der Waals surface area contributed by atoms with Crippen LogP contribution in [0.2, 0.25) is 0 Å². The van der Waals surface area contributed by atoms with Gasteiger partial charge in [0.15, 0.2) is 5.97 Å². The standard InChI is InChI=1S/C9H15NO2.C2H2O4/c1-10-6-9-3-2-8(12-9)4-7(11)5-9;3-1(4)2(5)6/h2-3,7-8,10-11H,4-6H2,1H3;(H,3,4)(H,5,6)/t7-,8?,9?;/m0./s1. The molecule has 2 bridgehead atoms. The number of ether oxygens (including phenoxy) is 1. The summed E-state index contributed by atoms with van der Waals surface area (Å²) < 4.78 is 5.79. The van der Waals surface area contributed by atoms with E-state index in [0.717, 1.165) is 19.4 Å². The molecule has 0 spiro atoms. The number of rotatable bonds is 2. The highest BCUT2D eigenvalue weighted by molar-refractivity contribution is 6.26. The van der Waals surface area contributed by atoms with Gasteiger partial charge in [-0.1, -0.05) is 6.08 Å². The van der Waals surface area contributed by atoms with E-state index in [1.165, 1.54) is 0 Å². The summed E-state index contributed by atoms with van der Waals surface area (Å²) in [4.78, 5) is 18.0. The molecular formula is C11H17NO6. The molecule has 0 amide bonds. The molecule has 0 aromatic rings. The summed E-state index contributed by atoms with van der Waals surface area (Å²) in [6.07, 6.45) is 5.70. The Kier molecular flexibility index (Phi) is 4.83. The zero-order valence-electron chi connectivity index (χ0n) is 10.0. The van der Waals surface area contributed by atoms with Crippen LogP contribution < -0.4 is 10.4 Å². The lowest BCUT2D eigenvalue weighted by molar-refractivity contribution is -0.640. The summed E-state index contributed by atoms with van der Waals surface area (Å²) in [7, 11) is 2.03. The van der Waals surface area contributed by atoms with Crippen molar-refractivity contribution in [3.8, 4) is 0 Å². The van der Waals surface area contributed by atoms with Gasteiger partial charge in [-0.2, -0.15) is 0 Å². The topological polar surface area (TPSA) is 124 Å². The van der Waals surface area contributed by atoms with Crippen molar-refractivity contribution in [2.24, 2.45) is 0 Å². The average Bonchev–Trinajstić information content (AvgIpc) is 2.55. The molecular weight excluding hydrogens is 242 g/mol. The van der Waals surface area contributed by atoms with E-state index in [0.29, 0.717) is 0 Å². The summed E-state index contributed by atoms with van der Waals surface area (Å²) >= 11 is 0. The van der Waals surface area contributed by atoms with Gasteiger partial charge in [0.25, 0.3) is 0 Å². The number of aliphatic carboxylic acids is 2. The third kappa shape index (κ3) is 3.80. The first-order valence-electron chi connectivity index (χ1n) is 5.66. The molecule has 0 aromatic heterocycles. The summed E-state index contributed by atoms with van der Waals surface area (Å²) in [5.74, 6) is -4.01. The first-order valence-corrected chi connectivity index (χ1v) is 5.66. The first-order chi connectivity index (χ1) is 8.38. The Bertz CT molecular complexity index is 343. The van der Waals surface area contributed by atoms with E-state index in [2.05, 4.69) is 17.5 Å². The highest BCUT2D eigenvalue weighted by atomic mass is 16.5. The lowest BCUT2D eigenvalue weighted by Gasteiger charge is -2.34. The number of nitrogens with two attached hydrogens (primary N) is 1. The fourth-order valence-electron chi connectivity index (χ4n) is 2.20. The monoisotopic (exact) mass is 259 g/mol. The van der Waals surface area contributed by atoms with Crippen molar-refractivity contribution in [2.45, 2.75) is 30.7 Å².